The molecule has 19 heavy (non-hydrogen) atoms. The van der Waals surface area contributed by atoms with Crippen LogP contribution in [0.5, 0.6) is 0 Å². The van der Waals surface area contributed by atoms with Gasteiger partial charge < -0.3 is 16.4 Å². The van der Waals surface area contributed by atoms with E-state index in [1.54, 1.807) is 4.90 Å². The summed E-state index contributed by atoms with van der Waals surface area (Å²) in [6.45, 7) is 0.745. The van der Waals surface area contributed by atoms with Crippen molar-refractivity contribution in [2.75, 3.05) is 18.0 Å². The number of rotatable bonds is 3. The highest BCUT2D eigenvalue weighted by Gasteiger charge is 2.29. The number of thiocarbonyl (C=S) groups is 1. The largest absolute Gasteiger partial charge is 0.389 e. The molecule has 1 atom stereocenters. The normalized spacial score (nSPS) is 18.6. The lowest BCUT2D eigenvalue weighted by Gasteiger charge is -2.19. The maximum atomic E-state index is 14.0. The Morgan fingerprint density at radius 3 is 2.53 bits per heavy atom. The van der Waals surface area contributed by atoms with Crippen LogP contribution in [-0.2, 0) is 4.79 Å². The molecule has 1 amide bonds. The first-order valence-electron chi connectivity index (χ1n) is 5.74. The van der Waals surface area contributed by atoms with Gasteiger partial charge in [-0.15, -0.1) is 0 Å². The number of nitrogens with zero attached hydrogens (tertiary/aromatic N) is 1. The van der Waals surface area contributed by atoms with Gasteiger partial charge in [-0.2, -0.15) is 0 Å². The van der Waals surface area contributed by atoms with E-state index < -0.39 is 17.5 Å². The first kappa shape index (κ1) is 13.7. The van der Waals surface area contributed by atoms with Gasteiger partial charge in [0.05, 0.1) is 11.6 Å². The Kier molecular flexibility index (Phi) is 3.66. The minimum absolute atomic E-state index is 0.0984. The van der Waals surface area contributed by atoms with Crippen LogP contribution in [0.3, 0.4) is 0 Å². The maximum Gasteiger partial charge on any atom is 0.222 e. The molecule has 4 nitrogen and oxygen atoms in total. The molecule has 0 radical (unpaired) electrons. The molecule has 1 aliphatic heterocycles. The van der Waals surface area contributed by atoms with E-state index >= 15 is 0 Å². The summed E-state index contributed by atoms with van der Waals surface area (Å²) >= 11 is 4.64. The van der Waals surface area contributed by atoms with Gasteiger partial charge in [-0.25, -0.2) is 8.78 Å². The molecule has 0 spiro atoms. The Balaban J connectivity index is 2.30. The molecule has 4 N–H and O–H groups in total. The summed E-state index contributed by atoms with van der Waals surface area (Å²) in [6, 6.07) is 2.75. The van der Waals surface area contributed by atoms with Crippen LogP contribution in [0.15, 0.2) is 12.1 Å². The number of nitrogens with two attached hydrogens (primary N) is 2. The summed E-state index contributed by atoms with van der Waals surface area (Å²) in [4.78, 5) is 12.5. The quantitative estimate of drug-likeness (QED) is 0.810. The predicted octanol–water partition coefficient (Wildman–Crippen LogP) is 0.911. The monoisotopic (exact) mass is 285 g/mol. The van der Waals surface area contributed by atoms with Crippen molar-refractivity contribution in [2.45, 2.75) is 6.42 Å². The minimum Gasteiger partial charge on any atom is -0.389 e. The molecule has 1 unspecified atom stereocenters. The molecule has 2 rings (SSSR count). The molecule has 102 valence electrons. The van der Waals surface area contributed by atoms with Crippen LogP contribution < -0.4 is 16.4 Å². The molecule has 1 aliphatic rings. The van der Waals surface area contributed by atoms with Crippen molar-refractivity contribution < 1.29 is 13.6 Å². The highest BCUT2D eigenvalue weighted by atomic mass is 32.1. The van der Waals surface area contributed by atoms with Crippen LogP contribution in [0.25, 0.3) is 0 Å². The lowest BCUT2D eigenvalue weighted by molar-refractivity contribution is -0.121. The zero-order valence-corrected chi connectivity index (χ0v) is 10.8. The van der Waals surface area contributed by atoms with Crippen molar-refractivity contribution in [1.82, 2.24) is 0 Å². The number of hydrogen-bond acceptors (Lipinski definition) is 3. The molecular weight excluding hydrogens is 272 g/mol. The summed E-state index contributed by atoms with van der Waals surface area (Å²) in [7, 11) is 0. The number of anilines is 1. The third-order valence-electron chi connectivity index (χ3n) is 3.26. The van der Waals surface area contributed by atoms with Gasteiger partial charge in [-0.05, 0) is 18.6 Å². The highest BCUT2D eigenvalue weighted by molar-refractivity contribution is 7.80. The molecule has 1 aromatic rings. The van der Waals surface area contributed by atoms with Crippen LogP contribution in [0.1, 0.15) is 12.0 Å². The number of halogens is 2. The van der Waals surface area contributed by atoms with Gasteiger partial charge >= 0.3 is 0 Å². The van der Waals surface area contributed by atoms with E-state index in [1.165, 1.54) is 12.1 Å². The Morgan fingerprint density at radius 2 is 2.00 bits per heavy atom. The Bertz CT molecular complexity index is 550. The van der Waals surface area contributed by atoms with E-state index in [-0.39, 0.29) is 28.7 Å². The standard InChI is InChI=1S/C12H13F2N3OS/c13-9-7(12(16)19)1-2-8(10(9)14)17-4-3-6(5-17)11(15)18/h1-2,6H,3-5H2,(H2,15,18)(H2,16,19). The van der Waals surface area contributed by atoms with Crippen molar-refractivity contribution in [3.63, 3.8) is 0 Å². The SMILES string of the molecule is NC(=O)C1CCN(c2ccc(C(N)=S)c(F)c2F)C1. The fourth-order valence-corrected chi connectivity index (χ4v) is 2.34. The zero-order chi connectivity index (χ0) is 14.2. The van der Waals surface area contributed by atoms with Crippen LogP contribution in [0.2, 0.25) is 0 Å². The summed E-state index contributed by atoms with van der Waals surface area (Å²) < 4.78 is 27.7. The molecular formula is C12H13F2N3OS. The van der Waals surface area contributed by atoms with Crippen LogP contribution in [0.4, 0.5) is 14.5 Å². The second kappa shape index (κ2) is 5.08. The van der Waals surface area contributed by atoms with Crippen molar-refractivity contribution in [2.24, 2.45) is 17.4 Å². The van der Waals surface area contributed by atoms with E-state index in [2.05, 4.69) is 12.2 Å². The van der Waals surface area contributed by atoms with Crippen LogP contribution in [-0.4, -0.2) is 24.0 Å². The van der Waals surface area contributed by atoms with E-state index in [1.807, 2.05) is 0 Å². The minimum atomic E-state index is -1.06. The summed E-state index contributed by atoms with van der Waals surface area (Å²) in [5, 5.41) is 0. The zero-order valence-electron chi connectivity index (χ0n) is 10.0. The van der Waals surface area contributed by atoms with Gasteiger partial charge in [-0.3, -0.25) is 4.79 Å². The van der Waals surface area contributed by atoms with Gasteiger partial charge in [-0.1, -0.05) is 12.2 Å². The lowest BCUT2D eigenvalue weighted by atomic mass is 10.1. The Hall–Kier alpha value is -1.76. The van der Waals surface area contributed by atoms with E-state index in [9.17, 15) is 13.6 Å². The predicted molar refractivity (Wildman–Crippen MR) is 71.8 cm³/mol. The molecule has 1 saturated heterocycles. The van der Waals surface area contributed by atoms with Crippen LogP contribution >= 0.6 is 12.2 Å². The fourth-order valence-electron chi connectivity index (χ4n) is 2.19. The summed E-state index contributed by atoms with van der Waals surface area (Å²) in [5.41, 5.74) is 10.5. The topological polar surface area (TPSA) is 72.4 Å². The van der Waals surface area contributed by atoms with E-state index in [4.69, 9.17) is 11.5 Å². The number of amides is 1. The summed E-state index contributed by atoms with van der Waals surface area (Å²) in [5.74, 6) is -2.83. The van der Waals surface area contributed by atoms with Gasteiger partial charge in [0.1, 0.15) is 4.99 Å². The third kappa shape index (κ3) is 2.51. The average molecular weight is 285 g/mol. The molecule has 0 aromatic heterocycles. The van der Waals surface area contributed by atoms with E-state index in [0.717, 1.165) is 0 Å². The number of primary amides is 1. The number of carbonyl (C=O) groups is 1. The smallest absolute Gasteiger partial charge is 0.222 e. The molecule has 1 aromatic carbocycles. The molecule has 0 bridgehead atoms. The van der Waals surface area contributed by atoms with E-state index in [0.29, 0.717) is 13.0 Å². The molecule has 0 saturated carbocycles. The molecule has 7 heteroatoms. The Labute approximate surface area is 114 Å². The van der Waals surface area contributed by atoms with Crippen molar-refractivity contribution in [3.8, 4) is 0 Å². The van der Waals surface area contributed by atoms with Crippen molar-refractivity contribution >= 4 is 28.8 Å². The van der Waals surface area contributed by atoms with Gasteiger partial charge in [0.15, 0.2) is 11.6 Å². The second-order valence-electron chi connectivity index (χ2n) is 4.46. The average Bonchev–Trinajstić information content (AvgIpc) is 2.81. The second-order valence-corrected chi connectivity index (χ2v) is 4.90. The van der Waals surface area contributed by atoms with Crippen molar-refractivity contribution in [3.05, 3.63) is 29.3 Å². The summed E-state index contributed by atoms with van der Waals surface area (Å²) in [6.07, 6.45) is 0.535. The third-order valence-corrected chi connectivity index (χ3v) is 3.48. The highest BCUT2D eigenvalue weighted by Crippen LogP contribution is 2.29. The molecule has 0 aliphatic carbocycles. The van der Waals surface area contributed by atoms with Gasteiger partial charge in [0, 0.05) is 18.7 Å². The Morgan fingerprint density at radius 1 is 1.32 bits per heavy atom. The first-order valence-corrected chi connectivity index (χ1v) is 6.14. The van der Waals surface area contributed by atoms with Crippen LogP contribution in [0, 0.1) is 17.6 Å². The number of carbonyl (C=O) groups excluding carboxylic acids is 1. The van der Waals surface area contributed by atoms with Gasteiger partial charge in [0.2, 0.25) is 5.91 Å². The maximum absolute atomic E-state index is 14.0. The van der Waals surface area contributed by atoms with Gasteiger partial charge in [0.25, 0.3) is 0 Å². The first-order chi connectivity index (χ1) is 8.91. The lowest BCUT2D eigenvalue weighted by Crippen LogP contribution is -2.28. The number of benzene rings is 1. The molecule has 1 fully saturated rings. The molecule has 1 heterocycles. The van der Waals surface area contributed by atoms with Crippen molar-refractivity contribution in [1.29, 1.82) is 0 Å². The fraction of sp³-hybridized carbons (Fsp3) is 0.333. The number of hydrogen-bond donors (Lipinski definition) is 2.